The number of hydrogen-bond donors (Lipinski definition) is 2. The Kier molecular flexibility index (Phi) is 4.21. The molecule has 0 aliphatic carbocycles. The van der Waals surface area contributed by atoms with Gasteiger partial charge >= 0.3 is 0 Å². The Morgan fingerprint density at radius 3 is 2.45 bits per heavy atom. The van der Waals surface area contributed by atoms with Crippen LogP contribution in [-0.2, 0) is 0 Å². The summed E-state index contributed by atoms with van der Waals surface area (Å²) in [5.41, 5.74) is 2.00. The van der Waals surface area contributed by atoms with E-state index < -0.39 is 0 Å². The van der Waals surface area contributed by atoms with E-state index in [0.29, 0.717) is 5.92 Å². The summed E-state index contributed by atoms with van der Waals surface area (Å²) in [5.74, 6) is 0.647. The minimum Gasteiger partial charge on any atom is -0.372 e. The highest BCUT2D eigenvalue weighted by atomic mass is 16.1. The molecule has 0 atom stereocenters. The highest BCUT2D eigenvalue weighted by Gasteiger charge is 2.17. The number of anilines is 1. The van der Waals surface area contributed by atoms with Crippen LogP contribution in [0.5, 0.6) is 0 Å². The average molecular weight is 273 g/mol. The van der Waals surface area contributed by atoms with Gasteiger partial charge in [0.1, 0.15) is 0 Å². The molecule has 4 nitrogen and oxygen atoms in total. The minimum absolute atomic E-state index is 0.0436. The maximum Gasteiger partial charge on any atom is 0.251 e. The van der Waals surface area contributed by atoms with E-state index in [-0.39, 0.29) is 5.91 Å². The molecule has 2 fully saturated rings. The fraction of sp³-hybridized carbons (Fsp3) is 0.562. The molecule has 2 saturated heterocycles. The van der Waals surface area contributed by atoms with Crippen molar-refractivity contribution in [1.82, 2.24) is 10.6 Å². The quantitative estimate of drug-likeness (QED) is 0.876. The Hall–Kier alpha value is -1.55. The largest absolute Gasteiger partial charge is 0.372 e. The van der Waals surface area contributed by atoms with E-state index in [4.69, 9.17) is 0 Å². The number of carbonyl (C=O) groups excluding carboxylic acids is 1. The van der Waals surface area contributed by atoms with Crippen molar-refractivity contribution in [2.45, 2.75) is 19.3 Å². The number of hydrogen-bond acceptors (Lipinski definition) is 3. The van der Waals surface area contributed by atoms with Gasteiger partial charge in [-0.05, 0) is 43.5 Å². The van der Waals surface area contributed by atoms with Crippen molar-refractivity contribution in [1.29, 1.82) is 0 Å². The normalized spacial score (nSPS) is 19.5. The molecule has 20 heavy (non-hydrogen) atoms. The maximum absolute atomic E-state index is 12.0. The van der Waals surface area contributed by atoms with Crippen molar-refractivity contribution < 1.29 is 4.79 Å². The van der Waals surface area contributed by atoms with Gasteiger partial charge in [0.05, 0.1) is 0 Å². The first kappa shape index (κ1) is 13.4. The Bertz CT molecular complexity index is 447. The van der Waals surface area contributed by atoms with Gasteiger partial charge in [0.2, 0.25) is 0 Å². The molecule has 2 aliphatic heterocycles. The van der Waals surface area contributed by atoms with Gasteiger partial charge in [0, 0.05) is 49.9 Å². The molecule has 4 heteroatoms. The van der Waals surface area contributed by atoms with Crippen LogP contribution in [0.15, 0.2) is 24.3 Å². The van der Waals surface area contributed by atoms with Gasteiger partial charge in [-0.25, -0.2) is 0 Å². The average Bonchev–Trinajstić information content (AvgIpc) is 2.46. The SMILES string of the molecule is O=C(NCC1CNC1)c1ccc(N2CCCCC2)cc1. The highest BCUT2D eigenvalue weighted by molar-refractivity contribution is 5.94. The molecular weight excluding hydrogens is 250 g/mol. The fourth-order valence-electron chi connectivity index (χ4n) is 2.81. The summed E-state index contributed by atoms with van der Waals surface area (Å²) in [4.78, 5) is 14.4. The van der Waals surface area contributed by atoms with E-state index in [1.807, 2.05) is 12.1 Å². The lowest BCUT2D eigenvalue weighted by atomic mass is 10.0. The Labute approximate surface area is 120 Å². The molecular formula is C16H23N3O. The second-order valence-corrected chi connectivity index (χ2v) is 5.83. The van der Waals surface area contributed by atoms with Crippen LogP contribution in [0.2, 0.25) is 0 Å². The van der Waals surface area contributed by atoms with Gasteiger partial charge in [0.15, 0.2) is 0 Å². The van der Waals surface area contributed by atoms with Gasteiger partial charge in [0.25, 0.3) is 5.91 Å². The molecule has 1 aromatic rings. The fourth-order valence-corrected chi connectivity index (χ4v) is 2.81. The lowest BCUT2D eigenvalue weighted by Gasteiger charge is -2.29. The molecule has 2 N–H and O–H groups in total. The summed E-state index contributed by atoms with van der Waals surface area (Å²) < 4.78 is 0. The predicted molar refractivity (Wildman–Crippen MR) is 81.2 cm³/mol. The number of rotatable bonds is 4. The standard InChI is InChI=1S/C16H23N3O/c20-16(18-12-13-10-17-11-13)14-4-6-15(7-5-14)19-8-2-1-3-9-19/h4-7,13,17H,1-3,8-12H2,(H,18,20). The zero-order valence-corrected chi connectivity index (χ0v) is 11.9. The highest BCUT2D eigenvalue weighted by Crippen LogP contribution is 2.20. The van der Waals surface area contributed by atoms with E-state index in [1.54, 1.807) is 0 Å². The summed E-state index contributed by atoms with van der Waals surface area (Å²) in [5, 5.41) is 6.22. The van der Waals surface area contributed by atoms with Gasteiger partial charge in [-0.15, -0.1) is 0 Å². The number of benzene rings is 1. The monoisotopic (exact) mass is 273 g/mol. The second kappa shape index (κ2) is 6.27. The van der Waals surface area contributed by atoms with Gasteiger partial charge in [-0.1, -0.05) is 0 Å². The van der Waals surface area contributed by atoms with Crippen LogP contribution < -0.4 is 15.5 Å². The summed E-state index contributed by atoms with van der Waals surface area (Å²) in [6, 6.07) is 8.03. The Balaban J connectivity index is 1.55. The molecule has 2 heterocycles. The lowest BCUT2D eigenvalue weighted by molar-refractivity contribution is 0.0942. The third-order valence-corrected chi connectivity index (χ3v) is 4.27. The van der Waals surface area contributed by atoms with Crippen LogP contribution in [0.25, 0.3) is 0 Å². The first-order chi connectivity index (χ1) is 9.83. The lowest BCUT2D eigenvalue weighted by Crippen LogP contribution is -2.48. The van der Waals surface area contributed by atoms with E-state index in [1.165, 1.54) is 24.9 Å². The zero-order valence-electron chi connectivity index (χ0n) is 11.9. The Morgan fingerprint density at radius 1 is 1.15 bits per heavy atom. The minimum atomic E-state index is 0.0436. The van der Waals surface area contributed by atoms with Gasteiger partial charge < -0.3 is 15.5 Å². The molecule has 0 radical (unpaired) electrons. The van der Waals surface area contributed by atoms with Crippen LogP contribution in [0.3, 0.4) is 0 Å². The molecule has 0 saturated carbocycles. The summed E-state index contributed by atoms with van der Waals surface area (Å²) >= 11 is 0. The molecule has 1 amide bonds. The molecule has 0 unspecified atom stereocenters. The smallest absolute Gasteiger partial charge is 0.251 e. The number of amides is 1. The van der Waals surface area contributed by atoms with Crippen molar-refractivity contribution in [3.05, 3.63) is 29.8 Å². The Morgan fingerprint density at radius 2 is 1.85 bits per heavy atom. The number of carbonyl (C=O) groups is 1. The molecule has 1 aromatic carbocycles. The molecule has 0 bridgehead atoms. The van der Waals surface area contributed by atoms with Crippen LogP contribution in [0.1, 0.15) is 29.6 Å². The van der Waals surface area contributed by atoms with E-state index in [9.17, 15) is 4.79 Å². The van der Waals surface area contributed by atoms with Crippen LogP contribution in [0.4, 0.5) is 5.69 Å². The topological polar surface area (TPSA) is 44.4 Å². The van der Waals surface area contributed by atoms with Crippen molar-refractivity contribution in [3.8, 4) is 0 Å². The van der Waals surface area contributed by atoms with Crippen molar-refractivity contribution in [2.75, 3.05) is 37.6 Å². The first-order valence-electron chi connectivity index (χ1n) is 7.67. The van der Waals surface area contributed by atoms with E-state index in [0.717, 1.165) is 38.3 Å². The molecule has 0 aromatic heterocycles. The molecule has 2 aliphatic rings. The number of nitrogens with one attached hydrogen (secondary N) is 2. The second-order valence-electron chi connectivity index (χ2n) is 5.83. The summed E-state index contributed by atoms with van der Waals surface area (Å²) in [6.07, 6.45) is 3.89. The third-order valence-electron chi connectivity index (χ3n) is 4.27. The third kappa shape index (κ3) is 3.12. The van der Waals surface area contributed by atoms with Crippen LogP contribution in [-0.4, -0.2) is 38.6 Å². The van der Waals surface area contributed by atoms with Crippen molar-refractivity contribution in [3.63, 3.8) is 0 Å². The van der Waals surface area contributed by atoms with Gasteiger partial charge in [-0.3, -0.25) is 4.79 Å². The van der Waals surface area contributed by atoms with E-state index >= 15 is 0 Å². The summed E-state index contributed by atoms with van der Waals surface area (Å²) in [6.45, 7) is 5.10. The van der Waals surface area contributed by atoms with Gasteiger partial charge in [-0.2, -0.15) is 0 Å². The number of piperidine rings is 1. The first-order valence-corrected chi connectivity index (χ1v) is 7.67. The molecule has 3 rings (SSSR count). The van der Waals surface area contributed by atoms with Crippen molar-refractivity contribution >= 4 is 11.6 Å². The van der Waals surface area contributed by atoms with E-state index in [2.05, 4.69) is 27.7 Å². The van der Waals surface area contributed by atoms with Crippen LogP contribution >= 0.6 is 0 Å². The van der Waals surface area contributed by atoms with Crippen LogP contribution in [0, 0.1) is 5.92 Å². The maximum atomic E-state index is 12.0. The van der Waals surface area contributed by atoms with Crippen molar-refractivity contribution in [2.24, 2.45) is 5.92 Å². The molecule has 108 valence electrons. The molecule has 0 spiro atoms. The predicted octanol–water partition coefficient (Wildman–Crippen LogP) is 1.63. The summed E-state index contributed by atoms with van der Waals surface area (Å²) in [7, 11) is 0. The zero-order chi connectivity index (χ0) is 13.8. The number of nitrogens with zero attached hydrogens (tertiary/aromatic N) is 1.